The summed E-state index contributed by atoms with van der Waals surface area (Å²) >= 11 is 0. The number of aldehydes is 1. The van der Waals surface area contributed by atoms with Crippen molar-refractivity contribution in [2.24, 2.45) is 11.3 Å². The highest BCUT2D eigenvalue weighted by atomic mass is 16.1. The molecule has 0 aromatic carbocycles. The summed E-state index contributed by atoms with van der Waals surface area (Å²) in [5, 5.41) is 0. The van der Waals surface area contributed by atoms with Crippen LogP contribution in [0.1, 0.15) is 34.6 Å². The molecule has 64 valence electrons. The van der Waals surface area contributed by atoms with Crippen molar-refractivity contribution in [3.63, 3.8) is 0 Å². The summed E-state index contributed by atoms with van der Waals surface area (Å²) in [5.74, 6) is 0.459. The molecule has 0 aromatic heterocycles. The highest BCUT2D eigenvalue weighted by Gasteiger charge is 2.18. The molecular formula is C10H18O. The van der Waals surface area contributed by atoms with Crippen molar-refractivity contribution in [1.82, 2.24) is 0 Å². The van der Waals surface area contributed by atoms with Crippen LogP contribution < -0.4 is 0 Å². The van der Waals surface area contributed by atoms with E-state index < -0.39 is 0 Å². The molecule has 0 aliphatic heterocycles. The second-order valence-electron chi connectivity index (χ2n) is 4.16. The Labute approximate surface area is 69.5 Å². The molecule has 0 aliphatic rings. The van der Waals surface area contributed by atoms with Gasteiger partial charge in [0.1, 0.15) is 6.29 Å². The first-order valence-corrected chi connectivity index (χ1v) is 4.05. The molecular weight excluding hydrogens is 136 g/mol. The first-order chi connectivity index (χ1) is 4.89. The molecule has 0 rings (SSSR count). The van der Waals surface area contributed by atoms with Gasteiger partial charge in [0, 0.05) is 0 Å². The lowest BCUT2D eigenvalue weighted by molar-refractivity contribution is -0.104. The van der Waals surface area contributed by atoms with Gasteiger partial charge in [-0.1, -0.05) is 40.2 Å². The smallest absolute Gasteiger partial charge is 0.142 e. The summed E-state index contributed by atoms with van der Waals surface area (Å²) < 4.78 is 0. The topological polar surface area (TPSA) is 17.1 Å². The Bertz CT molecular complexity index is 158. The van der Waals surface area contributed by atoms with Crippen LogP contribution in [-0.4, -0.2) is 6.29 Å². The fourth-order valence-corrected chi connectivity index (χ4v) is 1.38. The maximum atomic E-state index is 10.3. The van der Waals surface area contributed by atoms with E-state index in [-0.39, 0.29) is 5.41 Å². The number of rotatable bonds is 2. The first-order valence-electron chi connectivity index (χ1n) is 4.05. The van der Waals surface area contributed by atoms with Crippen LogP contribution in [0.5, 0.6) is 0 Å². The molecule has 11 heavy (non-hydrogen) atoms. The summed E-state index contributed by atoms with van der Waals surface area (Å²) in [7, 11) is 0. The SMILES string of the molecule is CC(C)/C(=C/C=O)C(C)(C)C. The van der Waals surface area contributed by atoms with Gasteiger partial charge in [-0.05, 0) is 17.4 Å². The molecule has 0 atom stereocenters. The van der Waals surface area contributed by atoms with E-state index in [0.717, 1.165) is 6.29 Å². The normalized spacial score (nSPS) is 13.8. The van der Waals surface area contributed by atoms with E-state index in [0.29, 0.717) is 5.92 Å². The molecule has 0 unspecified atom stereocenters. The summed E-state index contributed by atoms with van der Waals surface area (Å²) in [6.45, 7) is 10.6. The van der Waals surface area contributed by atoms with Gasteiger partial charge in [0.15, 0.2) is 0 Å². The summed E-state index contributed by atoms with van der Waals surface area (Å²) in [5.41, 5.74) is 1.34. The van der Waals surface area contributed by atoms with Crippen molar-refractivity contribution in [2.45, 2.75) is 34.6 Å². The number of hydrogen-bond donors (Lipinski definition) is 0. The predicted octanol–water partition coefficient (Wildman–Crippen LogP) is 2.81. The number of carbonyl (C=O) groups is 1. The quantitative estimate of drug-likeness (QED) is 0.441. The molecule has 0 amide bonds. The summed E-state index contributed by atoms with van der Waals surface area (Å²) in [6.07, 6.45) is 2.56. The second-order valence-corrected chi connectivity index (χ2v) is 4.16. The standard InChI is InChI=1S/C10H18O/c1-8(2)9(6-7-11)10(3,4)5/h6-8H,1-5H3/b9-6-. The van der Waals surface area contributed by atoms with Gasteiger partial charge in [0.25, 0.3) is 0 Å². The van der Waals surface area contributed by atoms with Crippen LogP contribution in [0.15, 0.2) is 11.6 Å². The molecule has 1 heteroatoms. The Balaban J connectivity index is 4.62. The lowest BCUT2D eigenvalue weighted by atomic mass is 9.80. The maximum absolute atomic E-state index is 10.3. The minimum absolute atomic E-state index is 0.120. The van der Waals surface area contributed by atoms with Gasteiger partial charge < -0.3 is 0 Å². The van der Waals surface area contributed by atoms with Crippen molar-refractivity contribution < 1.29 is 4.79 Å². The Hall–Kier alpha value is -0.590. The van der Waals surface area contributed by atoms with Crippen molar-refractivity contribution in [3.05, 3.63) is 11.6 Å². The number of allylic oxidation sites excluding steroid dienone is 2. The van der Waals surface area contributed by atoms with Crippen LogP contribution in [0, 0.1) is 11.3 Å². The number of carbonyl (C=O) groups excluding carboxylic acids is 1. The molecule has 0 radical (unpaired) electrons. The zero-order valence-electron chi connectivity index (χ0n) is 8.14. The first kappa shape index (κ1) is 10.4. The Morgan fingerprint density at radius 3 is 1.82 bits per heavy atom. The van der Waals surface area contributed by atoms with Crippen LogP contribution in [0.25, 0.3) is 0 Å². The average molecular weight is 154 g/mol. The molecule has 1 nitrogen and oxygen atoms in total. The lowest BCUT2D eigenvalue weighted by Gasteiger charge is -2.25. The second kappa shape index (κ2) is 3.70. The molecule has 0 aliphatic carbocycles. The zero-order chi connectivity index (χ0) is 9.07. The van der Waals surface area contributed by atoms with Gasteiger partial charge >= 0.3 is 0 Å². The van der Waals surface area contributed by atoms with Crippen LogP contribution in [0.3, 0.4) is 0 Å². The molecule has 0 heterocycles. The molecule has 0 bridgehead atoms. The third-order valence-electron chi connectivity index (χ3n) is 1.74. The van der Waals surface area contributed by atoms with Crippen LogP contribution in [0.2, 0.25) is 0 Å². The highest BCUT2D eigenvalue weighted by Crippen LogP contribution is 2.30. The fourth-order valence-electron chi connectivity index (χ4n) is 1.38. The van der Waals surface area contributed by atoms with Crippen molar-refractivity contribution >= 4 is 6.29 Å². The van der Waals surface area contributed by atoms with Crippen LogP contribution >= 0.6 is 0 Å². The van der Waals surface area contributed by atoms with Gasteiger partial charge in [-0.3, -0.25) is 4.79 Å². The van der Waals surface area contributed by atoms with E-state index in [1.165, 1.54) is 5.57 Å². The third kappa shape index (κ3) is 3.35. The molecule has 0 aromatic rings. The Morgan fingerprint density at radius 2 is 1.73 bits per heavy atom. The number of hydrogen-bond acceptors (Lipinski definition) is 1. The van der Waals surface area contributed by atoms with Crippen LogP contribution in [0.4, 0.5) is 0 Å². The minimum atomic E-state index is 0.120. The molecule has 0 N–H and O–H groups in total. The van der Waals surface area contributed by atoms with Crippen molar-refractivity contribution in [1.29, 1.82) is 0 Å². The van der Waals surface area contributed by atoms with Gasteiger partial charge in [-0.15, -0.1) is 0 Å². The van der Waals surface area contributed by atoms with E-state index in [4.69, 9.17) is 0 Å². The Kier molecular flexibility index (Phi) is 3.50. The third-order valence-corrected chi connectivity index (χ3v) is 1.74. The van der Waals surface area contributed by atoms with E-state index in [1.54, 1.807) is 6.08 Å². The van der Waals surface area contributed by atoms with Gasteiger partial charge in [0.05, 0.1) is 0 Å². The van der Waals surface area contributed by atoms with E-state index >= 15 is 0 Å². The van der Waals surface area contributed by atoms with Gasteiger partial charge in [-0.25, -0.2) is 0 Å². The summed E-state index contributed by atoms with van der Waals surface area (Å²) in [4.78, 5) is 10.3. The van der Waals surface area contributed by atoms with E-state index in [2.05, 4.69) is 34.6 Å². The molecule has 0 saturated heterocycles. The van der Waals surface area contributed by atoms with E-state index in [9.17, 15) is 4.79 Å². The maximum Gasteiger partial charge on any atom is 0.142 e. The average Bonchev–Trinajstić information content (AvgIpc) is 1.79. The monoisotopic (exact) mass is 154 g/mol. The molecule has 0 saturated carbocycles. The molecule has 0 fully saturated rings. The van der Waals surface area contributed by atoms with Crippen molar-refractivity contribution in [2.75, 3.05) is 0 Å². The highest BCUT2D eigenvalue weighted by molar-refractivity contribution is 5.66. The molecule has 0 spiro atoms. The minimum Gasteiger partial charge on any atom is -0.299 e. The lowest BCUT2D eigenvalue weighted by Crippen LogP contribution is -2.14. The summed E-state index contributed by atoms with van der Waals surface area (Å²) in [6, 6.07) is 0. The Morgan fingerprint density at radius 1 is 1.27 bits per heavy atom. The van der Waals surface area contributed by atoms with Crippen LogP contribution in [-0.2, 0) is 4.79 Å². The zero-order valence-corrected chi connectivity index (χ0v) is 8.14. The van der Waals surface area contributed by atoms with Crippen molar-refractivity contribution in [3.8, 4) is 0 Å². The fraction of sp³-hybridized carbons (Fsp3) is 0.700. The van der Waals surface area contributed by atoms with Gasteiger partial charge in [-0.2, -0.15) is 0 Å². The predicted molar refractivity (Wildman–Crippen MR) is 48.4 cm³/mol. The largest absolute Gasteiger partial charge is 0.299 e. The van der Waals surface area contributed by atoms with Gasteiger partial charge in [0.2, 0.25) is 0 Å². The van der Waals surface area contributed by atoms with E-state index in [1.807, 2.05) is 0 Å².